The van der Waals surface area contributed by atoms with Gasteiger partial charge in [0.05, 0.1) is 5.56 Å². The number of hydrogen-bond donors (Lipinski definition) is 1. The van der Waals surface area contributed by atoms with Crippen LogP contribution in [0.1, 0.15) is 17.9 Å². The molecule has 0 aliphatic rings. The van der Waals surface area contributed by atoms with Crippen LogP contribution in [0.25, 0.3) is 11.4 Å². The van der Waals surface area contributed by atoms with Gasteiger partial charge in [-0.05, 0) is 24.3 Å². The van der Waals surface area contributed by atoms with Gasteiger partial charge in [0.15, 0.2) is 0 Å². The second-order valence-corrected chi connectivity index (χ2v) is 5.50. The summed E-state index contributed by atoms with van der Waals surface area (Å²) in [6.45, 7) is 0. The SMILES string of the molecule is O=C(CCc1nc(-c2cccc(C(F)(F)F)c2)no1)Nc1ccccc1. The summed E-state index contributed by atoms with van der Waals surface area (Å²) in [7, 11) is 0. The van der Waals surface area contributed by atoms with Crippen LogP contribution in [0.2, 0.25) is 0 Å². The zero-order valence-corrected chi connectivity index (χ0v) is 13.5. The topological polar surface area (TPSA) is 68.0 Å². The molecule has 1 heterocycles. The summed E-state index contributed by atoms with van der Waals surface area (Å²) in [5.41, 5.74) is 0.0832. The molecule has 0 unspecified atom stereocenters. The zero-order chi connectivity index (χ0) is 18.6. The standard InChI is InChI=1S/C18H14F3N3O2/c19-18(20,21)13-6-4-5-12(11-13)17-23-16(26-24-17)10-9-15(25)22-14-7-2-1-3-8-14/h1-8,11H,9-10H2,(H,22,25). The Balaban J connectivity index is 1.62. The van der Waals surface area contributed by atoms with E-state index in [9.17, 15) is 18.0 Å². The lowest BCUT2D eigenvalue weighted by Gasteiger charge is -2.06. The average molecular weight is 361 g/mol. The van der Waals surface area contributed by atoms with Crippen molar-refractivity contribution in [3.8, 4) is 11.4 Å². The van der Waals surface area contributed by atoms with E-state index in [2.05, 4.69) is 15.5 Å². The first-order valence-electron chi connectivity index (χ1n) is 7.77. The van der Waals surface area contributed by atoms with Gasteiger partial charge in [-0.25, -0.2) is 0 Å². The van der Waals surface area contributed by atoms with E-state index in [1.165, 1.54) is 12.1 Å². The molecule has 1 amide bonds. The van der Waals surface area contributed by atoms with Gasteiger partial charge in [-0.15, -0.1) is 0 Å². The molecule has 2 aromatic carbocycles. The van der Waals surface area contributed by atoms with Crippen molar-refractivity contribution in [1.29, 1.82) is 0 Å². The lowest BCUT2D eigenvalue weighted by molar-refractivity contribution is -0.137. The summed E-state index contributed by atoms with van der Waals surface area (Å²) in [5, 5.41) is 6.41. The van der Waals surface area contributed by atoms with Crippen LogP contribution in [0.4, 0.5) is 18.9 Å². The highest BCUT2D eigenvalue weighted by atomic mass is 19.4. The van der Waals surface area contributed by atoms with Crippen LogP contribution in [0, 0.1) is 0 Å². The van der Waals surface area contributed by atoms with Crippen LogP contribution in [-0.2, 0) is 17.4 Å². The van der Waals surface area contributed by atoms with Gasteiger partial charge in [-0.1, -0.05) is 35.5 Å². The highest BCUT2D eigenvalue weighted by Crippen LogP contribution is 2.31. The van der Waals surface area contributed by atoms with Crippen molar-refractivity contribution in [3.05, 3.63) is 66.1 Å². The molecule has 5 nitrogen and oxygen atoms in total. The number of anilines is 1. The smallest absolute Gasteiger partial charge is 0.339 e. The largest absolute Gasteiger partial charge is 0.416 e. The van der Waals surface area contributed by atoms with E-state index in [4.69, 9.17) is 4.52 Å². The highest BCUT2D eigenvalue weighted by Gasteiger charge is 2.30. The van der Waals surface area contributed by atoms with Crippen molar-refractivity contribution in [2.45, 2.75) is 19.0 Å². The number of rotatable bonds is 5. The Morgan fingerprint density at radius 2 is 1.85 bits per heavy atom. The van der Waals surface area contributed by atoms with Crippen molar-refractivity contribution in [1.82, 2.24) is 10.1 Å². The minimum Gasteiger partial charge on any atom is -0.339 e. The van der Waals surface area contributed by atoms with Gasteiger partial charge in [0.1, 0.15) is 0 Å². The first-order chi connectivity index (χ1) is 12.4. The molecular formula is C18H14F3N3O2. The first-order valence-corrected chi connectivity index (χ1v) is 7.77. The Bertz CT molecular complexity index is 892. The molecule has 0 atom stereocenters. The molecule has 0 saturated heterocycles. The molecule has 0 fully saturated rings. The number of benzene rings is 2. The van der Waals surface area contributed by atoms with E-state index in [0.29, 0.717) is 5.69 Å². The number of alkyl halides is 3. The molecule has 0 saturated carbocycles. The summed E-state index contributed by atoms with van der Waals surface area (Å²) in [5.74, 6) is 0.00482. The van der Waals surface area contributed by atoms with E-state index < -0.39 is 11.7 Å². The first kappa shape index (κ1) is 17.7. The fourth-order valence-electron chi connectivity index (χ4n) is 2.27. The van der Waals surface area contributed by atoms with Gasteiger partial charge in [-0.3, -0.25) is 4.79 Å². The zero-order valence-electron chi connectivity index (χ0n) is 13.5. The number of carbonyl (C=O) groups excluding carboxylic acids is 1. The summed E-state index contributed by atoms with van der Waals surface area (Å²) in [4.78, 5) is 15.9. The van der Waals surface area contributed by atoms with Crippen molar-refractivity contribution < 1.29 is 22.5 Å². The quantitative estimate of drug-likeness (QED) is 0.735. The summed E-state index contributed by atoms with van der Waals surface area (Å²) in [6.07, 6.45) is -4.15. The van der Waals surface area contributed by atoms with Crippen LogP contribution < -0.4 is 5.32 Å². The Morgan fingerprint density at radius 1 is 1.08 bits per heavy atom. The second-order valence-electron chi connectivity index (χ2n) is 5.50. The lowest BCUT2D eigenvalue weighted by Crippen LogP contribution is -2.12. The fourth-order valence-corrected chi connectivity index (χ4v) is 2.27. The third-order valence-corrected chi connectivity index (χ3v) is 3.54. The molecule has 0 bridgehead atoms. The Labute approximate surface area is 146 Å². The number of halogens is 3. The summed E-state index contributed by atoms with van der Waals surface area (Å²) in [6, 6.07) is 13.6. The van der Waals surface area contributed by atoms with Gasteiger partial charge >= 0.3 is 6.18 Å². The van der Waals surface area contributed by atoms with Gasteiger partial charge in [0.2, 0.25) is 17.6 Å². The lowest BCUT2D eigenvalue weighted by atomic mass is 10.1. The van der Waals surface area contributed by atoms with Crippen molar-refractivity contribution in [3.63, 3.8) is 0 Å². The highest BCUT2D eigenvalue weighted by molar-refractivity contribution is 5.90. The Hall–Kier alpha value is -3.16. The maximum atomic E-state index is 12.8. The average Bonchev–Trinajstić information content (AvgIpc) is 3.09. The molecule has 0 spiro atoms. The van der Waals surface area contributed by atoms with Crippen molar-refractivity contribution in [2.75, 3.05) is 5.32 Å². The fraction of sp³-hybridized carbons (Fsp3) is 0.167. The van der Waals surface area contributed by atoms with Crippen LogP contribution in [0.3, 0.4) is 0 Å². The van der Waals surface area contributed by atoms with Gasteiger partial charge in [0.25, 0.3) is 0 Å². The van der Waals surface area contributed by atoms with Crippen molar-refractivity contribution in [2.24, 2.45) is 0 Å². The number of aromatic nitrogens is 2. The number of para-hydroxylation sites is 1. The minimum absolute atomic E-state index is 0.0505. The van der Waals surface area contributed by atoms with E-state index in [-0.39, 0.29) is 36.0 Å². The Kier molecular flexibility index (Phi) is 5.01. The number of nitrogens with one attached hydrogen (secondary N) is 1. The normalized spacial score (nSPS) is 11.3. The van der Waals surface area contributed by atoms with E-state index in [0.717, 1.165) is 12.1 Å². The number of hydrogen-bond acceptors (Lipinski definition) is 4. The minimum atomic E-state index is -4.45. The molecule has 3 rings (SSSR count). The van der Waals surface area contributed by atoms with Gasteiger partial charge in [0, 0.05) is 24.1 Å². The summed E-state index contributed by atoms with van der Waals surface area (Å²) >= 11 is 0. The molecule has 1 N–H and O–H groups in total. The molecule has 1 aromatic heterocycles. The Morgan fingerprint density at radius 3 is 2.58 bits per heavy atom. The third-order valence-electron chi connectivity index (χ3n) is 3.54. The molecule has 134 valence electrons. The third kappa shape index (κ3) is 4.47. The van der Waals surface area contributed by atoms with Crippen molar-refractivity contribution >= 4 is 11.6 Å². The number of amides is 1. The van der Waals surface area contributed by atoms with E-state index in [1.807, 2.05) is 6.07 Å². The van der Waals surface area contributed by atoms with Crippen LogP contribution in [0.15, 0.2) is 59.1 Å². The molecule has 8 heteroatoms. The molecule has 0 radical (unpaired) electrons. The molecule has 3 aromatic rings. The van der Waals surface area contributed by atoms with E-state index in [1.54, 1.807) is 24.3 Å². The van der Waals surface area contributed by atoms with Gasteiger partial charge in [-0.2, -0.15) is 18.2 Å². The predicted octanol–water partition coefficient (Wildman–Crippen LogP) is 4.33. The van der Waals surface area contributed by atoms with E-state index >= 15 is 0 Å². The number of aryl methyl sites for hydroxylation is 1. The maximum absolute atomic E-state index is 12.8. The molecular weight excluding hydrogens is 347 g/mol. The predicted molar refractivity (Wildman–Crippen MR) is 88.1 cm³/mol. The van der Waals surface area contributed by atoms with Gasteiger partial charge < -0.3 is 9.84 Å². The van der Waals surface area contributed by atoms with Crippen LogP contribution >= 0.6 is 0 Å². The second kappa shape index (κ2) is 7.38. The molecule has 26 heavy (non-hydrogen) atoms. The monoisotopic (exact) mass is 361 g/mol. The molecule has 0 aliphatic heterocycles. The number of nitrogens with zero attached hydrogens (tertiary/aromatic N) is 2. The number of carbonyl (C=O) groups is 1. The molecule has 0 aliphatic carbocycles. The maximum Gasteiger partial charge on any atom is 0.416 e. The van der Waals surface area contributed by atoms with Crippen LogP contribution in [0.5, 0.6) is 0 Å². The van der Waals surface area contributed by atoms with Crippen LogP contribution in [-0.4, -0.2) is 16.0 Å². The summed E-state index contributed by atoms with van der Waals surface area (Å²) < 4.78 is 43.3.